The Labute approximate surface area is 211 Å². The van der Waals surface area contributed by atoms with Crippen molar-refractivity contribution in [3.8, 4) is 17.4 Å². The Bertz CT molecular complexity index is 1530. The fourth-order valence-electron chi connectivity index (χ4n) is 4.57. The van der Waals surface area contributed by atoms with Crippen molar-refractivity contribution in [1.29, 1.82) is 0 Å². The van der Waals surface area contributed by atoms with Crippen LogP contribution in [0.2, 0.25) is 5.02 Å². The van der Waals surface area contributed by atoms with Crippen molar-refractivity contribution in [2.45, 2.75) is 12.5 Å². The number of nitrogen functional groups attached to an aromatic ring is 1. The van der Waals surface area contributed by atoms with Gasteiger partial charge in [-0.05, 0) is 30.0 Å². The first-order chi connectivity index (χ1) is 17.3. The number of carbonyl (C=O) groups excluding carboxylic acids is 1. The van der Waals surface area contributed by atoms with E-state index in [0.29, 0.717) is 40.1 Å². The van der Waals surface area contributed by atoms with Crippen LogP contribution in [0.4, 0.5) is 16.0 Å². The van der Waals surface area contributed by atoms with E-state index < -0.39 is 5.82 Å². The third kappa shape index (κ3) is 3.93. The summed E-state index contributed by atoms with van der Waals surface area (Å²) in [6, 6.07) is 6.93. The van der Waals surface area contributed by atoms with Crippen molar-refractivity contribution >= 4 is 50.8 Å². The number of benzene rings is 1. The summed E-state index contributed by atoms with van der Waals surface area (Å²) in [5.41, 5.74) is 6.21. The number of halogens is 2. The predicted molar refractivity (Wildman–Crippen MR) is 138 cm³/mol. The Balaban J connectivity index is 1.66. The zero-order valence-electron chi connectivity index (χ0n) is 19.7. The van der Waals surface area contributed by atoms with Crippen molar-refractivity contribution in [2.24, 2.45) is 0 Å². The lowest BCUT2D eigenvalue weighted by molar-refractivity contribution is -0.125. The minimum Gasteiger partial charge on any atom is -0.467 e. The van der Waals surface area contributed by atoms with E-state index in [2.05, 4.69) is 26.5 Å². The molecule has 1 atom stereocenters. The zero-order chi connectivity index (χ0) is 25.6. The van der Waals surface area contributed by atoms with Gasteiger partial charge in [-0.3, -0.25) is 9.78 Å². The Morgan fingerprint density at radius 2 is 2.14 bits per heavy atom. The number of nitrogens with zero attached hydrogens (tertiary/aromatic N) is 6. The van der Waals surface area contributed by atoms with Gasteiger partial charge in [0, 0.05) is 37.8 Å². The highest BCUT2D eigenvalue weighted by Crippen LogP contribution is 2.37. The summed E-state index contributed by atoms with van der Waals surface area (Å²) < 4.78 is 21.4. The van der Waals surface area contributed by atoms with E-state index in [1.807, 2.05) is 18.0 Å². The van der Waals surface area contributed by atoms with Gasteiger partial charge < -0.3 is 20.3 Å². The van der Waals surface area contributed by atoms with Crippen LogP contribution < -0.4 is 15.4 Å². The second-order valence-corrected chi connectivity index (χ2v) is 8.90. The van der Waals surface area contributed by atoms with E-state index >= 15 is 4.39 Å². The highest BCUT2D eigenvalue weighted by Gasteiger charge is 2.30. The molecule has 1 fully saturated rings. The third-order valence-electron chi connectivity index (χ3n) is 6.41. The van der Waals surface area contributed by atoms with Gasteiger partial charge in [0.25, 0.3) is 0 Å². The van der Waals surface area contributed by atoms with Gasteiger partial charge in [0.1, 0.15) is 28.5 Å². The number of likely N-dealkylation sites (N-methyl/N-ethyl adjacent to an activating group) is 1. The maximum absolute atomic E-state index is 16.1. The number of rotatable bonds is 5. The van der Waals surface area contributed by atoms with Crippen molar-refractivity contribution in [3.63, 3.8) is 0 Å². The molecular formula is C25H23ClFN7O2. The molecule has 2 N–H and O–H groups in total. The van der Waals surface area contributed by atoms with Crippen molar-refractivity contribution in [1.82, 2.24) is 24.8 Å². The predicted octanol–water partition coefficient (Wildman–Crippen LogP) is 3.85. The standard InChI is InChI=1S/C25H23ClFN7O2/c1-4-18(35)34-9-8-14(12-34)33(2)24-15-11-29-23(20(27)21(15)31-25(32-24)36-3)22-19-13(10-17(28)30-22)6-5-7-16(19)26/h4-7,10-11,14H,1,8-9,12H2,2-3H3,(H2,28,30). The molecule has 4 heterocycles. The number of hydrogen-bond acceptors (Lipinski definition) is 8. The summed E-state index contributed by atoms with van der Waals surface area (Å²) in [4.78, 5) is 33.2. The molecule has 0 spiro atoms. The number of carbonyl (C=O) groups is 1. The van der Waals surface area contributed by atoms with Gasteiger partial charge in [-0.25, -0.2) is 9.37 Å². The van der Waals surface area contributed by atoms with E-state index in [9.17, 15) is 4.79 Å². The summed E-state index contributed by atoms with van der Waals surface area (Å²) in [6.45, 7) is 4.63. The molecule has 36 heavy (non-hydrogen) atoms. The molecule has 1 aromatic carbocycles. The summed E-state index contributed by atoms with van der Waals surface area (Å²) in [5, 5.41) is 2.05. The number of ether oxygens (including phenoxy) is 1. The smallest absolute Gasteiger partial charge is 0.318 e. The molecule has 1 aliphatic rings. The molecule has 0 saturated carbocycles. The number of amides is 1. The summed E-state index contributed by atoms with van der Waals surface area (Å²) >= 11 is 6.45. The lowest BCUT2D eigenvalue weighted by atomic mass is 10.1. The number of pyridine rings is 2. The molecule has 9 nitrogen and oxygen atoms in total. The van der Waals surface area contributed by atoms with Crippen LogP contribution in [0.15, 0.2) is 43.1 Å². The number of methoxy groups -OCH3 is 1. The van der Waals surface area contributed by atoms with Crippen LogP contribution >= 0.6 is 11.6 Å². The van der Waals surface area contributed by atoms with Gasteiger partial charge in [-0.2, -0.15) is 9.97 Å². The second-order valence-electron chi connectivity index (χ2n) is 8.49. The number of aromatic nitrogens is 4. The average Bonchev–Trinajstić information content (AvgIpc) is 3.37. The average molecular weight is 508 g/mol. The molecule has 1 aliphatic heterocycles. The molecule has 184 valence electrons. The Kier molecular flexibility index (Phi) is 6.05. The maximum atomic E-state index is 16.1. The second kappa shape index (κ2) is 9.19. The fraction of sp³-hybridized carbons (Fsp3) is 0.240. The van der Waals surface area contributed by atoms with Crippen LogP contribution in [0.25, 0.3) is 33.1 Å². The van der Waals surface area contributed by atoms with Crippen molar-refractivity contribution in [3.05, 3.63) is 54.0 Å². The largest absolute Gasteiger partial charge is 0.467 e. The molecule has 5 rings (SSSR count). The van der Waals surface area contributed by atoms with Gasteiger partial charge >= 0.3 is 6.01 Å². The Morgan fingerprint density at radius 1 is 1.33 bits per heavy atom. The van der Waals surface area contributed by atoms with Gasteiger partial charge in [-0.1, -0.05) is 30.3 Å². The van der Waals surface area contributed by atoms with Gasteiger partial charge in [0.05, 0.1) is 17.5 Å². The molecule has 0 bridgehead atoms. The Hall–Kier alpha value is -4.05. The molecule has 1 unspecified atom stereocenters. The monoisotopic (exact) mass is 507 g/mol. The molecule has 4 aromatic rings. The topological polar surface area (TPSA) is 110 Å². The van der Waals surface area contributed by atoms with Crippen LogP contribution in [0.5, 0.6) is 6.01 Å². The van der Waals surface area contributed by atoms with Gasteiger partial charge in [-0.15, -0.1) is 0 Å². The maximum Gasteiger partial charge on any atom is 0.318 e. The fourth-order valence-corrected chi connectivity index (χ4v) is 4.84. The van der Waals surface area contributed by atoms with E-state index in [1.165, 1.54) is 19.4 Å². The lowest BCUT2D eigenvalue weighted by Crippen LogP contribution is -2.36. The van der Waals surface area contributed by atoms with Crippen LogP contribution in [0.3, 0.4) is 0 Å². The number of anilines is 2. The van der Waals surface area contributed by atoms with Crippen LogP contribution in [0, 0.1) is 5.82 Å². The number of likely N-dealkylation sites (tertiary alicyclic amines) is 1. The Morgan fingerprint density at radius 3 is 2.89 bits per heavy atom. The van der Waals surface area contributed by atoms with Crippen molar-refractivity contribution in [2.75, 3.05) is 37.9 Å². The number of nitrogens with two attached hydrogens (primary N) is 1. The van der Waals surface area contributed by atoms with Gasteiger partial charge in [0.2, 0.25) is 5.91 Å². The summed E-state index contributed by atoms with van der Waals surface area (Å²) in [5.74, 6) is -0.177. The number of hydrogen-bond donors (Lipinski definition) is 1. The van der Waals surface area contributed by atoms with E-state index in [1.54, 1.807) is 23.1 Å². The molecule has 1 amide bonds. The first-order valence-electron chi connectivity index (χ1n) is 11.2. The highest BCUT2D eigenvalue weighted by molar-refractivity contribution is 6.36. The molecule has 1 saturated heterocycles. The minimum absolute atomic E-state index is 0.000784. The first kappa shape index (κ1) is 23.7. The highest BCUT2D eigenvalue weighted by atomic mass is 35.5. The van der Waals surface area contributed by atoms with Crippen LogP contribution in [-0.4, -0.2) is 64.0 Å². The van der Waals surface area contributed by atoms with Gasteiger partial charge in [0.15, 0.2) is 5.82 Å². The molecule has 3 aromatic heterocycles. The number of fused-ring (bicyclic) bond motifs is 2. The van der Waals surface area contributed by atoms with E-state index in [4.69, 9.17) is 22.1 Å². The quantitative estimate of drug-likeness (QED) is 0.406. The minimum atomic E-state index is -0.697. The van der Waals surface area contributed by atoms with E-state index in [-0.39, 0.29) is 40.7 Å². The zero-order valence-corrected chi connectivity index (χ0v) is 20.5. The molecular weight excluding hydrogens is 485 g/mol. The SMILES string of the molecule is C=CC(=O)N1CCC(N(C)c2nc(OC)nc3c(F)c(-c4nc(N)cc5cccc(Cl)c45)ncc23)C1. The molecule has 0 aliphatic carbocycles. The van der Waals surface area contributed by atoms with Crippen LogP contribution in [0.1, 0.15) is 6.42 Å². The first-order valence-corrected chi connectivity index (χ1v) is 11.6. The molecule has 11 heteroatoms. The summed E-state index contributed by atoms with van der Waals surface area (Å²) in [6.07, 6.45) is 3.52. The third-order valence-corrected chi connectivity index (χ3v) is 6.72. The summed E-state index contributed by atoms with van der Waals surface area (Å²) in [7, 11) is 3.25. The van der Waals surface area contributed by atoms with E-state index in [0.717, 1.165) is 6.42 Å². The van der Waals surface area contributed by atoms with Crippen LogP contribution in [-0.2, 0) is 4.79 Å². The molecule has 0 radical (unpaired) electrons. The lowest BCUT2D eigenvalue weighted by Gasteiger charge is -2.27. The van der Waals surface area contributed by atoms with Crippen molar-refractivity contribution < 1.29 is 13.9 Å². The normalized spacial score (nSPS) is 15.4.